The molecule has 5 rings (SSSR count). The third-order valence-corrected chi connectivity index (χ3v) is 6.62. The Hall–Kier alpha value is -4.37. The lowest BCUT2D eigenvalue weighted by Gasteiger charge is -2.29. The fraction of sp³-hybridized carbons (Fsp3) is 0.179. The van der Waals surface area contributed by atoms with Gasteiger partial charge in [-0.05, 0) is 78.9 Å². The Morgan fingerprint density at radius 2 is 1.78 bits per heavy atom. The number of carbonyl (C=O) groups is 1. The molecule has 1 amide bonds. The van der Waals surface area contributed by atoms with Gasteiger partial charge in [-0.3, -0.25) is 9.78 Å². The highest BCUT2D eigenvalue weighted by molar-refractivity contribution is 7.80. The van der Waals surface area contributed by atoms with E-state index in [2.05, 4.69) is 31.2 Å². The molecule has 0 saturated carbocycles. The van der Waals surface area contributed by atoms with Crippen molar-refractivity contribution in [2.24, 2.45) is 0 Å². The third kappa shape index (κ3) is 4.73. The lowest BCUT2D eigenvalue weighted by molar-refractivity contribution is -0.114. The van der Waals surface area contributed by atoms with Crippen LogP contribution in [0.5, 0.6) is 11.5 Å². The number of carbonyl (C=O) groups excluding carboxylic acids is 1. The van der Waals surface area contributed by atoms with Gasteiger partial charge >= 0.3 is 0 Å². The van der Waals surface area contributed by atoms with E-state index in [-0.39, 0.29) is 18.0 Å². The average Bonchev–Trinajstić information content (AvgIpc) is 3.53. The topological polar surface area (TPSA) is 80.7 Å². The highest BCUT2D eigenvalue weighted by Crippen LogP contribution is 2.43. The maximum atomic E-state index is 11.9. The van der Waals surface area contributed by atoms with E-state index < -0.39 is 0 Å². The van der Waals surface area contributed by atoms with Gasteiger partial charge in [0.25, 0.3) is 0 Å². The maximum Gasteiger partial charge on any atom is 0.221 e. The predicted octanol–water partition coefficient (Wildman–Crippen LogP) is 5.03. The van der Waals surface area contributed by atoms with Crippen LogP contribution in [0.3, 0.4) is 0 Å². The summed E-state index contributed by atoms with van der Waals surface area (Å²) in [5.74, 6) is 1.17. The lowest BCUT2D eigenvalue weighted by atomic mass is 10.0. The van der Waals surface area contributed by atoms with Gasteiger partial charge in [-0.2, -0.15) is 0 Å². The van der Waals surface area contributed by atoms with Crippen LogP contribution in [0.1, 0.15) is 30.4 Å². The molecule has 2 N–H and O–H groups in total. The lowest BCUT2D eigenvalue weighted by Crippen LogP contribution is -2.30. The van der Waals surface area contributed by atoms with Crippen molar-refractivity contribution in [3.8, 4) is 17.2 Å². The van der Waals surface area contributed by atoms with E-state index >= 15 is 0 Å². The smallest absolute Gasteiger partial charge is 0.221 e. The molecule has 8 nitrogen and oxygen atoms in total. The number of nitrogens with zero attached hydrogens (tertiary/aromatic N) is 3. The molecule has 1 fully saturated rings. The van der Waals surface area contributed by atoms with Crippen molar-refractivity contribution >= 4 is 34.6 Å². The molecule has 1 saturated heterocycles. The zero-order chi connectivity index (χ0) is 25.9. The molecule has 9 heteroatoms. The third-order valence-electron chi connectivity index (χ3n) is 6.30. The van der Waals surface area contributed by atoms with E-state index in [1.165, 1.54) is 6.92 Å². The summed E-state index contributed by atoms with van der Waals surface area (Å²) in [6.07, 6.45) is 3.81. The van der Waals surface area contributed by atoms with Crippen LogP contribution in [0.2, 0.25) is 0 Å². The summed E-state index contributed by atoms with van der Waals surface area (Å²) in [5.41, 5.74) is 4.27. The van der Waals surface area contributed by atoms with Crippen LogP contribution in [0.25, 0.3) is 5.69 Å². The Kier molecular flexibility index (Phi) is 6.78. The van der Waals surface area contributed by atoms with Gasteiger partial charge in [0.05, 0.1) is 31.6 Å². The van der Waals surface area contributed by atoms with Crippen molar-refractivity contribution in [3.05, 3.63) is 96.6 Å². The van der Waals surface area contributed by atoms with Crippen LogP contribution in [0.15, 0.2) is 85.2 Å². The fourth-order valence-electron chi connectivity index (χ4n) is 4.68. The highest BCUT2D eigenvalue weighted by Gasteiger charge is 2.42. The molecule has 0 bridgehead atoms. The van der Waals surface area contributed by atoms with Crippen molar-refractivity contribution in [3.63, 3.8) is 0 Å². The molecule has 1 aliphatic heterocycles. The zero-order valence-electron chi connectivity index (χ0n) is 20.7. The summed E-state index contributed by atoms with van der Waals surface area (Å²) in [4.78, 5) is 18.6. The second kappa shape index (κ2) is 10.3. The van der Waals surface area contributed by atoms with Gasteiger partial charge in [-0.25, -0.2) is 0 Å². The first-order valence-electron chi connectivity index (χ1n) is 11.8. The normalized spacial score (nSPS) is 16.8. The molecule has 3 heterocycles. The van der Waals surface area contributed by atoms with E-state index in [1.807, 2.05) is 72.9 Å². The molecular weight excluding hydrogens is 486 g/mol. The summed E-state index contributed by atoms with van der Waals surface area (Å²) >= 11 is 5.88. The van der Waals surface area contributed by atoms with E-state index in [1.54, 1.807) is 20.4 Å². The second-order valence-electron chi connectivity index (χ2n) is 8.56. The number of rotatable bonds is 7. The minimum Gasteiger partial charge on any atom is -0.497 e. The molecule has 2 atom stereocenters. The van der Waals surface area contributed by atoms with E-state index in [9.17, 15) is 4.79 Å². The van der Waals surface area contributed by atoms with Crippen LogP contribution in [-0.4, -0.2) is 34.8 Å². The number of anilines is 2. The van der Waals surface area contributed by atoms with E-state index in [0.29, 0.717) is 16.5 Å². The first-order valence-corrected chi connectivity index (χ1v) is 12.2. The zero-order valence-corrected chi connectivity index (χ0v) is 21.5. The number of thiocarbonyl (C=S) groups is 1. The number of benzene rings is 2. The molecule has 1 aliphatic rings. The minimum atomic E-state index is -0.238. The van der Waals surface area contributed by atoms with Crippen LogP contribution < -0.4 is 25.0 Å². The van der Waals surface area contributed by atoms with Gasteiger partial charge in [0.2, 0.25) is 5.91 Å². The Balaban J connectivity index is 1.64. The van der Waals surface area contributed by atoms with Gasteiger partial charge in [-0.15, -0.1) is 0 Å². The van der Waals surface area contributed by atoms with Crippen LogP contribution in [0.4, 0.5) is 11.4 Å². The van der Waals surface area contributed by atoms with Crippen molar-refractivity contribution in [1.29, 1.82) is 0 Å². The molecule has 0 unspecified atom stereocenters. The summed E-state index contributed by atoms with van der Waals surface area (Å²) < 4.78 is 13.0. The molecule has 0 spiro atoms. The predicted molar refractivity (Wildman–Crippen MR) is 148 cm³/mol. The SMILES string of the molecule is COc1ccc(-n2cccc2[C@@H]2[C@H](c3ccccn3)NC(=S)N2c2ccc(OC)c(NC(C)=O)c2)cc1. The number of ether oxygens (including phenoxy) is 2. The number of aromatic nitrogens is 2. The van der Waals surface area contributed by atoms with Crippen LogP contribution in [0, 0.1) is 0 Å². The molecule has 188 valence electrons. The number of hydrogen-bond donors (Lipinski definition) is 2. The number of nitrogens with one attached hydrogen (secondary N) is 2. The monoisotopic (exact) mass is 513 g/mol. The average molecular weight is 514 g/mol. The summed E-state index contributed by atoms with van der Waals surface area (Å²) in [5, 5.41) is 6.90. The molecule has 0 aliphatic carbocycles. The summed E-state index contributed by atoms with van der Waals surface area (Å²) in [7, 11) is 3.23. The van der Waals surface area contributed by atoms with Gasteiger partial charge in [0.1, 0.15) is 17.5 Å². The number of pyridine rings is 1. The molecule has 4 aromatic rings. The number of hydrogen-bond acceptors (Lipinski definition) is 5. The van der Waals surface area contributed by atoms with Gasteiger partial charge in [0, 0.05) is 36.4 Å². The Labute approximate surface area is 220 Å². The van der Waals surface area contributed by atoms with E-state index in [4.69, 9.17) is 21.7 Å². The van der Waals surface area contributed by atoms with Gasteiger partial charge in [-0.1, -0.05) is 6.07 Å². The largest absolute Gasteiger partial charge is 0.497 e. The molecule has 0 radical (unpaired) electrons. The van der Waals surface area contributed by atoms with Gasteiger partial charge < -0.3 is 29.6 Å². The highest BCUT2D eigenvalue weighted by atomic mass is 32.1. The molecular formula is C28H27N5O3S. The number of amides is 1. The molecule has 37 heavy (non-hydrogen) atoms. The fourth-order valence-corrected chi connectivity index (χ4v) is 5.03. The maximum absolute atomic E-state index is 11.9. The van der Waals surface area contributed by atoms with Crippen LogP contribution >= 0.6 is 12.2 Å². The first kappa shape index (κ1) is 24.3. The quantitative estimate of drug-likeness (QED) is 0.336. The van der Waals surface area contributed by atoms with Crippen molar-refractivity contribution in [2.75, 3.05) is 24.4 Å². The van der Waals surface area contributed by atoms with Crippen molar-refractivity contribution in [2.45, 2.75) is 19.0 Å². The molecule has 2 aromatic carbocycles. The Bertz CT molecular complexity index is 1420. The van der Waals surface area contributed by atoms with E-state index in [0.717, 1.165) is 28.5 Å². The standard InChI is InChI=1S/C28H27N5O3S/c1-18(34)30-23-17-20(11-14-25(23)36-3)33-27(26(31-28(33)37)22-7-4-5-15-29-22)24-8-6-16-32(24)19-9-12-21(35-2)13-10-19/h4-17,26-27H,1-3H3,(H,30,34)(H,31,37)/t26-,27+/m0/s1. The van der Waals surface area contributed by atoms with Crippen molar-refractivity contribution < 1.29 is 14.3 Å². The molecule has 2 aromatic heterocycles. The Morgan fingerprint density at radius 3 is 2.46 bits per heavy atom. The van der Waals surface area contributed by atoms with Crippen molar-refractivity contribution in [1.82, 2.24) is 14.9 Å². The summed E-state index contributed by atoms with van der Waals surface area (Å²) in [6.45, 7) is 1.47. The van der Waals surface area contributed by atoms with Crippen LogP contribution in [-0.2, 0) is 4.79 Å². The minimum absolute atomic E-state index is 0.186. The second-order valence-corrected chi connectivity index (χ2v) is 8.95. The van der Waals surface area contributed by atoms with Gasteiger partial charge in [0.15, 0.2) is 5.11 Å². The number of methoxy groups -OCH3 is 2. The Morgan fingerprint density at radius 1 is 1.00 bits per heavy atom. The first-order chi connectivity index (χ1) is 18.0. The summed E-state index contributed by atoms with van der Waals surface area (Å²) in [6, 6.07) is 23.1.